The van der Waals surface area contributed by atoms with Gasteiger partial charge >= 0.3 is 0 Å². The summed E-state index contributed by atoms with van der Waals surface area (Å²) in [7, 11) is 0. The third kappa shape index (κ3) is 2.71. The number of rotatable bonds is 3. The lowest BCUT2D eigenvalue weighted by Crippen LogP contribution is -2.37. The number of carbonyl (C=O) groups is 1. The number of benzene rings is 1. The van der Waals surface area contributed by atoms with Crippen molar-refractivity contribution in [3.63, 3.8) is 0 Å². The molecular formula is C19H16N4OS2. The minimum absolute atomic E-state index is 0.0694. The molecule has 1 aliphatic rings. The van der Waals surface area contributed by atoms with Gasteiger partial charge in [0.15, 0.2) is 0 Å². The molecule has 2 aromatic heterocycles. The van der Waals surface area contributed by atoms with Crippen LogP contribution in [-0.2, 0) is 11.2 Å². The van der Waals surface area contributed by atoms with Crippen molar-refractivity contribution in [1.82, 2.24) is 10.2 Å². The van der Waals surface area contributed by atoms with Gasteiger partial charge in [0, 0.05) is 15.7 Å². The van der Waals surface area contributed by atoms with E-state index in [0.717, 1.165) is 16.0 Å². The standard InChI is InChI=1S/C19H16N4OS2/c1-11-3-6-15(26-11)16-14-7-12(9-20)4-5-13(14)8-19(16,2)17(24)22-18-23-21-10-25-18/h3-7,10,16H,8H2,1-2H3,(H,22,23,24). The number of aromatic nitrogens is 2. The Balaban J connectivity index is 1.80. The van der Waals surface area contributed by atoms with Gasteiger partial charge in [0.25, 0.3) is 0 Å². The van der Waals surface area contributed by atoms with Crippen molar-refractivity contribution in [3.05, 3.63) is 62.3 Å². The van der Waals surface area contributed by atoms with Crippen molar-refractivity contribution in [1.29, 1.82) is 5.26 Å². The Labute approximate surface area is 159 Å². The molecule has 1 N–H and O–H groups in total. The van der Waals surface area contributed by atoms with Gasteiger partial charge in [-0.1, -0.05) is 17.4 Å². The van der Waals surface area contributed by atoms with E-state index in [1.54, 1.807) is 16.8 Å². The van der Waals surface area contributed by atoms with Crippen LogP contribution in [0.25, 0.3) is 0 Å². The Hall–Kier alpha value is -2.56. The number of nitriles is 1. The predicted octanol–water partition coefficient (Wildman–Crippen LogP) is 4.11. The van der Waals surface area contributed by atoms with Crippen molar-refractivity contribution in [2.24, 2.45) is 5.41 Å². The molecule has 0 aliphatic heterocycles. The van der Waals surface area contributed by atoms with Crippen LogP contribution in [0.15, 0.2) is 35.8 Å². The van der Waals surface area contributed by atoms with Crippen LogP contribution >= 0.6 is 22.7 Å². The molecule has 1 aliphatic carbocycles. The molecule has 5 nitrogen and oxygen atoms in total. The van der Waals surface area contributed by atoms with Crippen molar-refractivity contribution >= 4 is 33.7 Å². The molecule has 3 aromatic rings. The van der Waals surface area contributed by atoms with Crippen LogP contribution in [0.4, 0.5) is 5.13 Å². The van der Waals surface area contributed by atoms with E-state index in [1.807, 2.05) is 25.1 Å². The predicted molar refractivity (Wildman–Crippen MR) is 102 cm³/mol. The first-order valence-electron chi connectivity index (χ1n) is 8.18. The molecule has 0 saturated heterocycles. The van der Waals surface area contributed by atoms with Gasteiger partial charge in [-0.25, -0.2) is 0 Å². The highest BCUT2D eigenvalue weighted by Crippen LogP contribution is 2.52. The largest absolute Gasteiger partial charge is 0.300 e. The summed E-state index contributed by atoms with van der Waals surface area (Å²) in [6, 6.07) is 12.1. The number of hydrogen-bond acceptors (Lipinski definition) is 6. The van der Waals surface area contributed by atoms with Crippen molar-refractivity contribution in [3.8, 4) is 6.07 Å². The van der Waals surface area contributed by atoms with Crippen LogP contribution in [0.3, 0.4) is 0 Å². The maximum absolute atomic E-state index is 13.2. The third-order valence-electron chi connectivity index (χ3n) is 4.93. The first-order chi connectivity index (χ1) is 12.5. The Morgan fingerprint density at radius 2 is 2.23 bits per heavy atom. The SMILES string of the molecule is Cc1ccc(C2c3cc(C#N)ccc3CC2(C)C(=O)Nc2nncs2)s1. The molecule has 0 saturated carbocycles. The van der Waals surface area contributed by atoms with Crippen LogP contribution in [-0.4, -0.2) is 16.1 Å². The van der Waals surface area contributed by atoms with Crippen LogP contribution in [0.5, 0.6) is 0 Å². The van der Waals surface area contributed by atoms with E-state index >= 15 is 0 Å². The number of nitrogens with zero attached hydrogens (tertiary/aromatic N) is 3. The highest BCUT2D eigenvalue weighted by atomic mass is 32.1. The molecule has 2 heterocycles. The van der Waals surface area contributed by atoms with Gasteiger partial charge in [0.05, 0.1) is 17.0 Å². The van der Waals surface area contributed by atoms with E-state index in [-0.39, 0.29) is 11.8 Å². The lowest BCUT2D eigenvalue weighted by Gasteiger charge is -2.29. The van der Waals surface area contributed by atoms with Crippen LogP contribution < -0.4 is 5.32 Å². The van der Waals surface area contributed by atoms with Crippen molar-refractivity contribution < 1.29 is 4.79 Å². The highest BCUT2D eigenvalue weighted by Gasteiger charge is 2.49. The van der Waals surface area contributed by atoms with Gasteiger partial charge in [0.2, 0.25) is 11.0 Å². The van der Waals surface area contributed by atoms with E-state index in [4.69, 9.17) is 0 Å². The summed E-state index contributed by atoms with van der Waals surface area (Å²) in [5.41, 5.74) is 3.76. The topological polar surface area (TPSA) is 78.7 Å². The molecule has 7 heteroatoms. The number of hydrogen-bond donors (Lipinski definition) is 1. The third-order valence-corrected chi connectivity index (χ3v) is 6.60. The van der Waals surface area contributed by atoms with E-state index in [0.29, 0.717) is 17.1 Å². The first-order valence-corrected chi connectivity index (χ1v) is 9.88. The fraction of sp³-hybridized carbons (Fsp3) is 0.263. The summed E-state index contributed by atoms with van der Waals surface area (Å²) in [6.07, 6.45) is 0.625. The molecule has 0 spiro atoms. The summed E-state index contributed by atoms with van der Waals surface area (Å²) in [6.45, 7) is 4.06. The number of aryl methyl sites for hydroxylation is 1. The van der Waals surface area contributed by atoms with Crippen LogP contribution in [0.1, 0.15) is 39.3 Å². The monoisotopic (exact) mass is 380 g/mol. The molecule has 1 aromatic carbocycles. The number of fused-ring (bicyclic) bond motifs is 1. The zero-order chi connectivity index (χ0) is 18.3. The maximum atomic E-state index is 13.2. The Morgan fingerprint density at radius 1 is 1.38 bits per heavy atom. The van der Waals surface area contributed by atoms with Gasteiger partial charge in [0.1, 0.15) is 5.51 Å². The fourth-order valence-electron chi connectivity index (χ4n) is 3.69. The molecule has 26 heavy (non-hydrogen) atoms. The molecule has 4 rings (SSSR count). The van der Waals surface area contributed by atoms with E-state index in [9.17, 15) is 10.1 Å². The average Bonchev–Trinajstić information content (AvgIpc) is 3.33. The zero-order valence-electron chi connectivity index (χ0n) is 14.3. The van der Waals surface area contributed by atoms with Gasteiger partial charge < -0.3 is 5.32 Å². The molecule has 2 atom stereocenters. The summed E-state index contributed by atoms with van der Waals surface area (Å²) in [5, 5.41) is 20.4. The van der Waals surface area contributed by atoms with Crippen molar-refractivity contribution in [2.75, 3.05) is 5.32 Å². The number of nitrogens with one attached hydrogen (secondary N) is 1. The quantitative estimate of drug-likeness (QED) is 0.741. The van der Waals surface area contributed by atoms with E-state index < -0.39 is 5.41 Å². The highest BCUT2D eigenvalue weighted by molar-refractivity contribution is 7.13. The molecule has 1 amide bonds. The Kier molecular flexibility index (Phi) is 4.10. The summed E-state index contributed by atoms with van der Waals surface area (Å²) in [5.74, 6) is -0.155. The summed E-state index contributed by atoms with van der Waals surface area (Å²) >= 11 is 3.01. The minimum atomic E-state index is -0.653. The number of anilines is 1. The van der Waals surface area contributed by atoms with E-state index in [1.165, 1.54) is 16.2 Å². The fourth-order valence-corrected chi connectivity index (χ4v) is 5.28. The Bertz CT molecular complexity index is 1020. The molecule has 0 bridgehead atoms. The van der Waals surface area contributed by atoms with Crippen LogP contribution in [0, 0.1) is 23.7 Å². The normalized spacial score (nSPS) is 21.2. The van der Waals surface area contributed by atoms with Crippen molar-refractivity contribution in [2.45, 2.75) is 26.2 Å². The number of thiophene rings is 1. The summed E-state index contributed by atoms with van der Waals surface area (Å²) < 4.78 is 0. The first kappa shape index (κ1) is 16.9. The van der Waals surface area contributed by atoms with Gasteiger partial charge in [-0.2, -0.15) is 5.26 Å². The lowest BCUT2D eigenvalue weighted by molar-refractivity contribution is -0.125. The molecule has 2 unspecified atom stereocenters. The van der Waals surface area contributed by atoms with E-state index in [2.05, 4.69) is 40.6 Å². The van der Waals surface area contributed by atoms with Gasteiger partial charge in [-0.15, -0.1) is 21.5 Å². The molecular weight excluding hydrogens is 364 g/mol. The Morgan fingerprint density at radius 3 is 2.88 bits per heavy atom. The van der Waals surface area contributed by atoms with Crippen LogP contribution in [0.2, 0.25) is 0 Å². The second-order valence-electron chi connectivity index (χ2n) is 6.70. The average molecular weight is 380 g/mol. The second-order valence-corrected chi connectivity index (χ2v) is 8.85. The smallest absolute Gasteiger partial charge is 0.233 e. The second kappa shape index (κ2) is 6.31. The summed E-state index contributed by atoms with van der Waals surface area (Å²) in [4.78, 5) is 15.6. The zero-order valence-corrected chi connectivity index (χ0v) is 15.9. The number of carbonyl (C=O) groups excluding carboxylic acids is 1. The molecule has 0 fully saturated rings. The number of amides is 1. The minimum Gasteiger partial charge on any atom is -0.300 e. The van der Waals surface area contributed by atoms with Gasteiger partial charge in [-0.3, -0.25) is 4.79 Å². The van der Waals surface area contributed by atoms with Gasteiger partial charge in [-0.05, 0) is 55.7 Å². The lowest BCUT2D eigenvalue weighted by atomic mass is 9.76. The molecule has 130 valence electrons. The molecule has 0 radical (unpaired) electrons. The maximum Gasteiger partial charge on any atom is 0.233 e.